The number of hydrogen-bond acceptors (Lipinski definition) is 3. The minimum atomic E-state index is -0.545. The first kappa shape index (κ1) is 10.4. The minimum absolute atomic E-state index is 0.0167. The number of fused-ring (bicyclic) bond motifs is 1. The Kier molecular flexibility index (Phi) is 2.82. The van der Waals surface area contributed by atoms with E-state index in [-0.39, 0.29) is 12.4 Å². The van der Waals surface area contributed by atoms with Crippen LogP contribution in [0.15, 0.2) is 0 Å². The second kappa shape index (κ2) is 3.80. The number of ether oxygens (including phenoxy) is 2. The van der Waals surface area contributed by atoms with Crippen molar-refractivity contribution in [1.29, 1.82) is 0 Å². The molecule has 2 rings (SSSR count). The van der Waals surface area contributed by atoms with Crippen molar-refractivity contribution in [2.75, 3.05) is 6.61 Å². The molecule has 1 N–H and O–H groups in total. The maximum absolute atomic E-state index is 8.89. The van der Waals surface area contributed by atoms with E-state index < -0.39 is 5.79 Å². The van der Waals surface area contributed by atoms with Crippen LogP contribution in [0.2, 0.25) is 0 Å². The molecule has 82 valence electrons. The molecule has 0 atom stereocenters. The quantitative estimate of drug-likeness (QED) is 0.482. The van der Waals surface area contributed by atoms with Crippen LogP contribution in [0.3, 0.4) is 0 Å². The molecule has 0 saturated carbocycles. The maximum Gasteiger partial charge on any atom is 0.253 e. The summed E-state index contributed by atoms with van der Waals surface area (Å²) < 4.78 is 10.6. The smallest absolute Gasteiger partial charge is 0.253 e. The molecule has 2 saturated heterocycles. The summed E-state index contributed by atoms with van der Waals surface area (Å²) >= 11 is 0. The molecule has 0 bridgehead atoms. The highest BCUT2D eigenvalue weighted by Crippen LogP contribution is 2.69. The van der Waals surface area contributed by atoms with Gasteiger partial charge in [-0.15, -0.1) is 0 Å². The van der Waals surface area contributed by atoms with Gasteiger partial charge in [0.25, 0.3) is 5.79 Å². The molecule has 2 fully saturated rings. The van der Waals surface area contributed by atoms with Crippen molar-refractivity contribution < 1.29 is 14.6 Å². The normalized spacial score (nSPS) is 38.1. The lowest BCUT2D eigenvalue weighted by Gasteiger charge is -2.01. The van der Waals surface area contributed by atoms with E-state index in [9.17, 15) is 0 Å². The van der Waals surface area contributed by atoms with Crippen molar-refractivity contribution in [3.63, 3.8) is 0 Å². The second-order valence-electron chi connectivity index (χ2n) is 4.39. The first-order chi connectivity index (χ1) is 6.79. The van der Waals surface area contributed by atoms with E-state index in [2.05, 4.69) is 6.92 Å². The molecule has 2 aliphatic heterocycles. The Labute approximate surface area is 85.4 Å². The Hall–Kier alpha value is -0.120. The molecule has 2 heterocycles. The summed E-state index contributed by atoms with van der Waals surface area (Å²) in [5.74, 6) is -0.886. The molecule has 0 spiro atoms. The highest BCUT2D eigenvalue weighted by molar-refractivity contribution is 5.17. The summed E-state index contributed by atoms with van der Waals surface area (Å²) in [6.07, 6.45) is 8.68. The Morgan fingerprint density at radius 1 is 0.929 bits per heavy atom. The average Bonchev–Trinajstić information content (AvgIpc) is 2.97. The van der Waals surface area contributed by atoms with E-state index in [0.29, 0.717) is 0 Å². The fourth-order valence-corrected chi connectivity index (χ4v) is 2.10. The van der Waals surface area contributed by atoms with Crippen LogP contribution in [0.1, 0.15) is 51.9 Å². The van der Waals surface area contributed by atoms with Gasteiger partial charge in [-0.05, 0) is 6.42 Å². The summed E-state index contributed by atoms with van der Waals surface area (Å²) in [6.45, 7) is 2.24. The Morgan fingerprint density at radius 3 is 2.14 bits per heavy atom. The zero-order valence-electron chi connectivity index (χ0n) is 8.92. The van der Waals surface area contributed by atoms with Crippen LogP contribution >= 0.6 is 0 Å². The average molecular weight is 200 g/mol. The molecule has 3 nitrogen and oxygen atoms in total. The second-order valence-corrected chi connectivity index (χ2v) is 4.39. The van der Waals surface area contributed by atoms with Crippen LogP contribution < -0.4 is 0 Å². The maximum atomic E-state index is 8.89. The Morgan fingerprint density at radius 2 is 1.57 bits per heavy atom. The lowest BCUT2D eigenvalue weighted by Crippen LogP contribution is -2.03. The van der Waals surface area contributed by atoms with Crippen molar-refractivity contribution in [3.05, 3.63) is 0 Å². The van der Waals surface area contributed by atoms with Crippen LogP contribution in [0, 0.1) is 0 Å². The zero-order valence-corrected chi connectivity index (χ0v) is 8.92. The number of rotatable bonds is 8. The topological polar surface area (TPSA) is 45.3 Å². The van der Waals surface area contributed by atoms with Crippen molar-refractivity contribution in [2.24, 2.45) is 0 Å². The molecule has 0 aromatic carbocycles. The van der Waals surface area contributed by atoms with Gasteiger partial charge in [0, 0.05) is 6.42 Å². The summed E-state index contributed by atoms with van der Waals surface area (Å²) in [4.78, 5) is 0. The molecule has 3 heteroatoms. The van der Waals surface area contributed by atoms with Crippen LogP contribution in [0.25, 0.3) is 0 Å². The van der Waals surface area contributed by atoms with Crippen molar-refractivity contribution in [3.8, 4) is 0 Å². The molecule has 0 unspecified atom stereocenters. The number of aliphatic hydroxyl groups excluding tert-OH is 1. The summed E-state index contributed by atoms with van der Waals surface area (Å²) in [5.41, 5.74) is 0. The van der Waals surface area contributed by atoms with Crippen LogP contribution in [0.5, 0.6) is 0 Å². The van der Waals surface area contributed by atoms with E-state index in [1.165, 1.54) is 32.1 Å². The van der Waals surface area contributed by atoms with Gasteiger partial charge in [0.15, 0.2) is 0 Å². The van der Waals surface area contributed by atoms with Crippen molar-refractivity contribution in [2.45, 2.75) is 63.4 Å². The number of unbranched alkanes of at least 4 members (excludes halogenated alkanes) is 5. The van der Waals surface area contributed by atoms with Gasteiger partial charge in [0.05, 0.1) is 0 Å². The van der Waals surface area contributed by atoms with Crippen molar-refractivity contribution >= 4 is 0 Å². The van der Waals surface area contributed by atoms with Gasteiger partial charge < -0.3 is 14.6 Å². The fourth-order valence-electron chi connectivity index (χ4n) is 2.10. The molecule has 2 aliphatic rings. The fraction of sp³-hybridized carbons (Fsp3) is 1.00. The molecule has 0 aromatic rings. The molecular weight excluding hydrogens is 180 g/mol. The molecule has 0 radical (unpaired) electrons. The van der Waals surface area contributed by atoms with Gasteiger partial charge in [-0.2, -0.15) is 0 Å². The standard InChI is InChI=1S/C11H20O3/c1-2-3-4-5-6-7-8-10-11(9-12,13-10)14-10/h12H,2-9H2,1H3. The zero-order chi connectivity index (χ0) is 10.1. The Balaban J connectivity index is 1.46. The first-order valence-electron chi connectivity index (χ1n) is 5.80. The molecule has 0 aliphatic carbocycles. The third-order valence-corrected chi connectivity index (χ3v) is 3.22. The number of epoxide rings is 2. The molecule has 14 heavy (non-hydrogen) atoms. The lowest BCUT2D eigenvalue weighted by atomic mass is 10.1. The highest BCUT2D eigenvalue weighted by Gasteiger charge is 2.90. The monoisotopic (exact) mass is 200 g/mol. The van der Waals surface area contributed by atoms with Gasteiger partial charge in [-0.25, -0.2) is 0 Å². The van der Waals surface area contributed by atoms with Gasteiger partial charge in [0.1, 0.15) is 6.61 Å². The predicted molar refractivity (Wildman–Crippen MR) is 52.7 cm³/mol. The van der Waals surface area contributed by atoms with E-state index in [1.54, 1.807) is 0 Å². The largest absolute Gasteiger partial charge is 0.391 e. The Bertz CT molecular complexity index is 197. The third-order valence-electron chi connectivity index (χ3n) is 3.22. The van der Waals surface area contributed by atoms with Crippen LogP contribution in [-0.4, -0.2) is 23.3 Å². The van der Waals surface area contributed by atoms with Gasteiger partial charge in [0.2, 0.25) is 5.79 Å². The van der Waals surface area contributed by atoms with E-state index in [4.69, 9.17) is 14.6 Å². The summed E-state index contributed by atoms with van der Waals surface area (Å²) in [5, 5.41) is 8.89. The van der Waals surface area contributed by atoms with Gasteiger partial charge in [-0.1, -0.05) is 39.0 Å². The third kappa shape index (κ3) is 1.69. The van der Waals surface area contributed by atoms with Crippen LogP contribution in [0.4, 0.5) is 0 Å². The van der Waals surface area contributed by atoms with Gasteiger partial charge >= 0.3 is 0 Å². The molecule has 0 aromatic heterocycles. The lowest BCUT2D eigenvalue weighted by molar-refractivity contribution is -0.114. The highest BCUT2D eigenvalue weighted by atomic mass is 17.1. The van der Waals surface area contributed by atoms with E-state index >= 15 is 0 Å². The number of aliphatic hydroxyl groups is 1. The van der Waals surface area contributed by atoms with E-state index in [0.717, 1.165) is 12.8 Å². The summed E-state index contributed by atoms with van der Waals surface area (Å²) in [7, 11) is 0. The predicted octanol–water partition coefficient (Wildman–Crippen LogP) is 2.18. The minimum Gasteiger partial charge on any atom is -0.391 e. The van der Waals surface area contributed by atoms with Gasteiger partial charge in [-0.3, -0.25) is 0 Å². The van der Waals surface area contributed by atoms with Crippen LogP contribution in [-0.2, 0) is 9.47 Å². The van der Waals surface area contributed by atoms with E-state index in [1.807, 2.05) is 0 Å². The first-order valence-corrected chi connectivity index (χ1v) is 5.80. The summed E-state index contributed by atoms with van der Waals surface area (Å²) in [6, 6.07) is 0. The molecule has 0 amide bonds. The molecular formula is C11H20O3. The SMILES string of the molecule is CCCCCCCCC12OC1(CO)O2. The number of hydrogen-bond donors (Lipinski definition) is 1. The van der Waals surface area contributed by atoms with Crippen molar-refractivity contribution in [1.82, 2.24) is 0 Å².